The van der Waals surface area contributed by atoms with Gasteiger partial charge in [-0.05, 0) is 30.7 Å². The Bertz CT molecular complexity index is 636. The third-order valence-electron chi connectivity index (χ3n) is 2.44. The molecule has 1 aromatic heterocycles. The molecule has 0 radical (unpaired) electrons. The van der Waals surface area contributed by atoms with Crippen LogP contribution >= 0.6 is 11.6 Å². The van der Waals surface area contributed by atoms with E-state index in [0.29, 0.717) is 10.7 Å². The van der Waals surface area contributed by atoms with Crippen LogP contribution in [0.25, 0.3) is 12.2 Å². The maximum atomic E-state index is 5.84. The number of benzene rings is 1. The molecule has 102 valence electrons. The molecule has 0 bridgehead atoms. The molecule has 0 saturated carbocycles. The van der Waals surface area contributed by atoms with Gasteiger partial charge in [-0.1, -0.05) is 29.8 Å². The molecular weight excluding hydrogens is 276 g/mol. The number of rotatable bonds is 4. The van der Waals surface area contributed by atoms with Crippen LogP contribution in [0.2, 0.25) is 5.02 Å². The molecule has 0 unspecified atom stereocenters. The standard InChI is InChI=1S/C13H13ClN6/c1-9-12(18-13(20-19-9)16-8-17-15)7-4-10-2-5-11(14)6-3-10/h2-8H,15H2,1H3,(H,16,17,18,20)/b7-4+. The topological polar surface area (TPSA) is 89.1 Å². The van der Waals surface area contributed by atoms with E-state index in [9.17, 15) is 0 Å². The molecule has 0 amide bonds. The molecular formula is C13H13ClN6. The second kappa shape index (κ2) is 6.74. The van der Waals surface area contributed by atoms with Crippen LogP contribution in [0.5, 0.6) is 0 Å². The van der Waals surface area contributed by atoms with Gasteiger partial charge in [-0.15, -0.1) is 10.2 Å². The first-order valence-corrected chi connectivity index (χ1v) is 6.20. The lowest BCUT2D eigenvalue weighted by Crippen LogP contribution is -2.18. The van der Waals surface area contributed by atoms with Crippen molar-refractivity contribution >= 4 is 36.0 Å². The maximum Gasteiger partial charge on any atom is 0.270 e. The SMILES string of the molecule is Cc1nnc(/N=C/NN)nc1/C=C/c1ccc(Cl)cc1. The predicted molar refractivity (Wildman–Crippen MR) is 80.4 cm³/mol. The molecule has 1 aromatic carbocycles. The molecule has 0 atom stereocenters. The zero-order chi connectivity index (χ0) is 14.4. The summed E-state index contributed by atoms with van der Waals surface area (Å²) in [5.41, 5.74) is 4.71. The fourth-order valence-corrected chi connectivity index (χ4v) is 1.56. The quantitative estimate of drug-likeness (QED) is 0.389. The minimum absolute atomic E-state index is 0.240. The van der Waals surface area contributed by atoms with Crippen LogP contribution < -0.4 is 11.3 Å². The molecule has 6 nitrogen and oxygen atoms in total. The van der Waals surface area contributed by atoms with Gasteiger partial charge in [-0.25, -0.2) is 10.8 Å². The van der Waals surface area contributed by atoms with Gasteiger partial charge in [0, 0.05) is 5.02 Å². The minimum Gasteiger partial charge on any atom is -0.314 e. The van der Waals surface area contributed by atoms with Crippen molar-refractivity contribution in [1.82, 2.24) is 20.6 Å². The van der Waals surface area contributed by atoms with Crippen molar-refractivity contribution in [2.24, 2.45) is 10.8 Å². The van der Waals surface area contributed by atoms with Gasteiger partial charge >= 0.3 is 0 Å². The Balaban J connectivity index is 2.23. The number of aryl methyl sites for hydroxylation is 1. The second-order valence-electron chi connectivity index (χ2n) is 3.89. The number of hydrogen-bond donors (Lipinski definition) is 2. The summed E-state index contributed by atoms with van der Waals surface area (Å²) >= 11 is 5.84. The Hall–Kier alpha value is -2.31. The van der Waals surface area contributed by atoms with Crippen LogP contribution in [-0.4, -0.2) is 21.5 Å². The third-order valence-corrected chi connectivity index (χ3v) is 2.69. The third kappa shape index (κ3) is 3.84. The smallest absolute Gasteiger partial charge is 0.270 e. The largest absolute Gasteiger partial charge is 0.314 e. The highest BCUT2D eigenvalue weighted by Gasteiger charge is 2.01. The number of hydrogen-bond acceptors (Lipinski definition) is 5. The molecule has 0 aliphatic rings. The van der Waals surface area contributed by atoms with Gasteiger partial charge in [0.15, 0.2) is 0 Å². The average molecular weight is 289 g/mol. The maximum absolute atomic E-state index is 5.84. The monoisotopic (exact) mass is 288 g/mol. The molecule has 0 saturated heterocycles. The minimum atomic E-state index is 0.240. The zero-order valence-corrected chi connectivity index (χ0v) is 11.5. The molecule has 0 spiro atoms. The highest BCUT2D eigenvalue weighted by atomic mass is 35.5. The Morgan fingerprint density at radius 2 is 1.95 bits per heavy atom. The summed E-state index contributed by atoms with van der Waals surface area (Å²) in [6, 6.07) is 7.49. The van der Waals surface area contributed by atoms with E-state index in [4.69, 9.17) is 17.4 Å². The van der Waals surface area contributed by atoms with Crippen molar-refractivity contribution in [2.75, 3.05) is 0 Å². The summed E-state index contributed by atoms with van der Waals surface area (Å²) in [4.78, 5) is 8.16. The molecule has 2 rings (SSSR count). The first kappa shape index (κ1) is 14.1. The second-order valence-corrected chi connectivity index (χ2v) is 4.33. The normalized spacial score (nSPS) is 11.3. The van der Waals surface area contributed by atoms with E-state index in [1.54, 1.807) is 0 Å². The van der Waals surface area contributed by atoms with Crippen LogP contribution in [0.1, 0.15) is 17.0 Å². The predicted octanol–water partition coefficient (Wildman–Crippen LogP) is 2.13. The summed E-state index contributed by atoms with van der Waals surface area (Å²) in [7, 11) is 0. The van der Waals surface area contributed by atoms with Gasteiger partial charge in [-0.3, -0.25) is 0 Å². The molecule has 3 N–H and O–H groups in total. The van der Waals surface area contributed by atoms with Crippen molar-refractivity contribution < 1.29 is 0 Å². The van der Waals surface area contributed by atoms with Crippen molar-refractivity contribution in [3.63, 3.8) is 0 Å². The molecule has 0 aliphatic carbocycles. The number of aliphatic imine (C=N–C) groups is 1. The van der Waals surface area contributed by atoms with E-state index < -0.39 is 0 Å². The van der Waals surface area contributed by atoms with Gasteiger partial charge in [-0.2, -0.15) is 4.99 Å². The van der Waals surface area contributed by atoms with Crippen LogP contribution in [0.4, 0.5) is 5.95 Å². The van der Waals surface area contributed by atoms with Gasteiger partial charge in [0.2, 0.25) is 0 Å². The first-order valence-electron chi connectivity index (χ1n) is 5.82. The van der Waals surface area contributed by atoms with Crippen LogP contribution in [0.3, 0.4) is 0 Å². The first-order chi connectivity index (χ1) is 9.69. The zero-order valence-electron chi connectivity index (χ0n) is 10.8. The van der Waals surface area contributed by atoms with E-state index in [0.717, 1.165) is 11.3 Å². The average Bonchev–Trinajstić information content (AvgIpc) is 2.46. The summed E-state index contributed by atoms with van der Waals surface area (Å²) in [6.07, 6.45) is 5.06. The lowest BCUT2D eigenvalue weighted by atomic mass is 10.2. The Morgan fingerprint density at radius 1 is 1.20 bits per heavy atom. The van der Waals surface area contributed by atoms with E-state index in [2.05, 4.69) is 25.6 Å². The van der Waals surface area contributed by atoms with Crippen molar-refractivity contribution in [3.05, 3.63) is 46.2 Å². The number of aromatic nitrogens is 3. The number of nitrogens with one attached hydrogen (secondary N) is 1. The number of nitrogens with two attached hydrogens (primary N) is 1. The summed E-state index contributed by atoms with van der Waals surface area (Å²) in [5, 5.41) is 8.53. The van der Waals surface area contributed by atoms with E-state index in [-0.39, 0.29) is 5.95 Å². The van der Waals surface area contributed by atoms with E-state index in [1.165, 1.54) is 6.34 Å². The number of nitrogens with zero attached hydrogens (tertiary/aromatic N) is 4. The molecule has 0 aliphatic heterocycles. The summed E-state index contributed by atoms with van der Waals surface area (Å²) in [5.74, 6) is 5.33. The van der Waals surface area contributed by atoms with Gasteiger partial charge in [0.1, 0.15) is 6.34 Å². The van der Waals surface area contributed by atoms with Gasteiger partial charge < -0.3 is 5.43 Å². The van der Waals surface area contributed by atoms with Crippen molar-refractivity contribution in [3.8, 4) is 0 Å². The Labute approximate surface area is 121 Å². The van der Waals surface area contributed by atoms with Crippen LogP contribution in [-0.2, 0) is 0 Å². The summed E-state index contributed by atoms with van der Waals surface area (Å²) in [6.45, 7) is 1.83. The molecule has 0 fully saturated rings. The van der Waals surface area contributed by atoms with E-state index >= 15 is 0 Å². The molecule has 2 aromatic rings. The fraction of sp³-hybridized carbons (Fsp3) is 0.0769. The number of hydrazine groups is 1. The van der Waals surface area contributed by atoms with Crippen LogP contribution in [0.15, 0.2) is 29.3 Å². The highest BCUT2D eigenvalue weighted by Crippen LogP contribution is 2.13. The van der Waals surface area contributed by atoms with Crippen LogP contribution in [0, 0.1) is 6.92 Å². The Kier molecular flexibility index (Phi) is 4.75. The van der Waals surface area contributed by atoms with Gasteiger partial charge in [0.05, 0.1) is 11.4 Å². The number of halogens is 1. The lowest BCUT2D eigenvalue weighted by Gasteiger charge is -1.99. The molecule has 1 heterocycles. The lowest BCUT2D eigenvalue weighted by molar-refractivity contribution is 0.912. The Morgan fingerprint density at radius 3 is 2.65 bits per heavy atom. The van der Waals surface area contributed by atoms with Crippen molar-refractivity contribution in [1.29, 1.82) is 0 Å². The van der Waals surface area contributed by atoms with Gasteiger partial charge in [0.25, 0.3) is 5.95 Å². The molecule has 20 heavy (non-hydrogen) atoms. The summed E-state index contributed by atoms with van der Waals surface area (Å²) < 4.78 is 0. The fourth-order valence-electron chi connectivity index (χ4n) is 1.44. The highest BCUT2D eigenvalue weighted by molar-refractivity contribution is 6.30. The van der Waals surface area contributed by atoms with Crippen molar-refractivity contribution in [2.45, 2.75) is 6.92 Å². The van der Waals surface area contributed by atoms with E-state index in [1.807, 2.05) is 43.3 Å². The molecule has 7 heteroatoms.